The van der Waals surface area contributed by atoms with E-state index in [4.69, 9.17) is 4.98 Å². The summed E-state index contributed by atoms with van der Waals surface area (Å²) in [7, 11) is 0. The summed E-state index contributed by atoms with van der Waals surface area (Å²) in [6, 6.07) is 31.3. The summed E-state index contributed by atoms with van der Waals surface area (Å²) in [6.45, 7) is 0. The van der Waals surface area contributed by atoms with Crippen LogP contribution < -0.4 is 14.7 Å². The third-order valence-corrected chi connectivity index (χ3v) is 7.64. The van der Waals surface area contributed by atoms with E-state index in [0.717, 1.165) is 0 Å². The molecule has 0 unspecified atom stereocenters. The van der Waals surface area contributed by atoms with Gasteiger partial charge in [0.05, 0.1) is 22.7 Å². The van der Waals surface area contributed by atoms with Crippen molar-refractivity contribution in [3.8, 4) is 34.5 Å². The number of benzene rings is 3. The molecule has 13 nitrogen and oxygen atoms in total. The molecule has 7 aromatic rings. The van der Waals surface area contributed by atoms with Crippen LogP contribution in [-0.4, -0.2) is 50.6 Å². The second kappa shape index (κ2) is 13.5. The highest BCUT2D eigenvalue weighted by Crippen LogP contribution is 2.44. The van der Waals surface area contributed by atoms with E-state index in [1.165, 1.54) is 91.4 Å². The van der Waals surface area contributed by atoms with Crippen LogP contribution in [0.4, 0.5) is 51.8 Å². The molecule has 0 amide bonds. The van der Waals surface area contributed by atoms with E-state index >= 15 is 0 Å². The lowest BCUT2D eigenvalue weighted by Crippen LogP contribution is -2.19. The van der Waals surface area contributed by atoms with Gasteiger partial charge in [0.25, 0.3) is 0 Å². The third kappa shape index (κ3) is 6.89. The number of anilines is 9. The number of aromatic nitrogens is 4. The molecule has 7 rings (SSSR count). The molecule has 0 saturated heterocycles. The maximum Gasteiger partial charge on any atom is 0.143 e. The van der Waals surface area contributed by atoms with E-state index < -0.39 is 0 Å². The van der Waals surface area contributed by atoms with Gasteiger partial charge in [-0.2, -0.15) is 0 Å². The van der Waals surface area contributed by atoms with Gasteiger partial charge in [0.15, 0.2) is 0 Å². The second-order valence-corrected chi connectivity index (χ2v) is 11.2. The number of phenolic OH excluding ortho intramolecular Hbond substituents is 3. The molecule has 0 saturated carbocycles. The zero-order valence-electron chi connectivity index (χ0n) is 26.6. The molecule has 6 N–H and O–H groups in total. The lowest BCUT2D eigenvalue weighted by Gasteiger charge is -2.30. The minimum atomic E-state index is -0.0720. The molecule has 13 heteroatoms. The Labute approximate surface area is 291 Å². The van der Waals surface area contributed by atoms with Gasteiger partial charge in [-0.3, -0.25) is 14.7 Å². The van der Waals surface area contributed by atoms with Crippen molar-refractivity contribution in [2.75, 3.05) is 14.7 Å². The van der Waals surface area contributed by atoms with Crippen molar-refractivity contribution in [2.45, 2.75) is 0 Å². The molecule has 0 fully saturated rings. The maximum atomic E-state index is 10.6. The number of aromatic hydroxyl groups is 6. The Balaban J connectivity index is 1.57. The molecular formula is C38H29N7O6. The molecule has 0 aliphatic carbocycles. The van der Waals surface area contributed by atoms with E-state index in [0.29, 0.717) is 22.7 Å². The minimum Gasteiger partial charge on any atom is -0.508 e. The standard InChI is InChI=1S/C38H29N7O6/c46-28-7-1-4-24(16-28)43(34-21-31(49)10-13-39-34)27-19-37(44(25-5-2-8-29(47)17-25)35-22-32(50)11-14-40-35)42-38(20-27)45(26-6-3-9-30(48)18-26)36-23-33(51)12-15-41-36/h1-23,46-48H,(H,39,49)(H,40,50)(H,41,51). The number of pyridine rings is 4. The molecular weight excluding hydrogens is 650 g/mol. The van der Waals surface area contributed by atoms with E-state index in [1.807, 2.05) is 0 Å². The average molecular weight is 680 g/mol. The Kier molecular flexibility index (Phi) is 8.49. The van der Waals surface area contributed by atoms with Gasteiger partial charge in [-0.15, -0.1) is 0 Å². The monoisotopic (exact) mass is 679 g/mol. The van der Waals surface area contributed by atoms with Gasteiger partial charge >= 0.3 is 0 Å². The highest BCUT2D eigenvalue weighted by Gasteiger charge is 2.25. The van der Waals surface area contributed by atoms with Crippen molar-refractivity contribution in [3.63, 3.8) is 0 Å². The fourth-order valence-electron chi connectivity index (χ4n) is 5.51. The van der Waals surface area contributed by atoms with Crippen molar-refractivity contribution in [1.29, 1.82) is 0 Å². The van der Waals surface area contributed by atoms with Crippen LogP contribution in [0.1, 0.15) is 0 Å². The quantitative estimate of drug-likeness (QED) is 0.0866. The van der Waals surface area contributed by atoms with Gasteiger partial charge in [-0.25, -0.2) is 19.9 Å². The van der Waals surface area contributed by atoms with Crippen molar-refractivity contribution in [2.24, 2.45) is 0 Å². The minimum absolute atomic E-state index is 0.0251. The first-order valence-electron chi connectivity index (χ1n) is 15.5. The van der Waals surface area contributed by atoms with E-state index in [2.05, 4.69) is 15.0 Å². The molecule has 252 valence electrons. The van der Waals surface area contributed by atoms with Gasteiger partial charge in [0.1, 0.15) is 63.6 Å². The largest absolute Gasteiger partial charge is 0.508 e. The van der Waals surface area contributed by atoms with Gasteiger partial charge < -0.3 is 30.6 Å². The summed E-state index contributed by atoms with van der Waals surface area (Å²) in [5, 5.41) is 63.3. The lowest BCUT2D eigenvalue weighted by atomic mass is 10.2. The van der Waals surface area contributed by atoms with Crippen LogP contribution >= 0.6 is 0 Å². The summed E-state index contributed by atoms with van der Waals surface area (Å²) < 4.78 is 0. The number of phenols is 3. The number of hydrogen-bond acceptors (Lipinski definition) is 13. The first-order valence-corrected chi connectivity index (χ1v) is 15.5. The van der Waals surface area contributed by atoms with E-state index in [-0.39, 0.29) is 63.6 Å². The van der Waals surface area contributed by atoms with E-state index in [9.17, 15) is 30.6 Å². The summed E-state index contributed by atoms with van der Waals surface area (Å²) >= 11 is 0. The Morgan fingerprint density at radius 1 is 0.314 bits per heavy atom. The first kappa shape index (κ1) is 32.0. The Morgan fingerprint density at radius 3 is 1.00 bits per heavy atom. The predicted molar refractivity (Wildman–Crippen MR) is 192 cm³/mol. The average Bonchev–Trinajstić information content (AvgIpc) is 3.09. The van der Waals surface area contributed by atoms with Gasteiger partial charge in [-0.1, -0.05) is 18.2 Å². The van der Waals surface area contributed by atoms with Gasteiger partial charge in [0.2, 0.25) is 0 Å². The van der Waals surface area contributed by atoms with Crippen LogP contribution in [0.3, 0.4) is 0 Å². The molecule has 0 aliphatic heterocycles. The maximum absolute atomic E-state index is 10.6. The van der Waals surface area contributed by atoms with Crippen LogP contribution in [0, 0.1) is 0 Å². The second-order valence-electron chi connectivity index (χ2n) is 11.2. The van der Waals surface area contributed by atoms with Crippen molar-refractivity contribution < 1.29 is 30.6 Å². The predicted octanol–water partition coefficient (Wildman–Crippen LogP) is 7.91. The summed E-state index contributed by atoms with van der Waals surface area (Å²) in [4.78, 5) is 23.5. The summed E-state index contributed by atoms with van der Waals surface area (Å²) in [5.74, 6) is 0.915. The van der Waals surface area contributed by atoms with E-state index in [1.54, 1.807) is 63.2 Å². The molecule has 0 aliphatic rings. The first-order chi connectivity index (χ1) is 24.7. The van der Waals surface area contributed by atoms with Crippen LogP contribution in [0.15, 0.2) is 140 Å². The third-order valence-electron chi connectivity index (χ3n) is 7.64. The van der Waals surface area contributed by atoms with Crippen LogP contribution in [0.2, 0.25) is 0 Å². The van der Waals surface area contributed by atoms with Crippen molar-refractivity contribution in [3.05, 3.63) is 140 Å². The molecule has 0 spiro atoms. The Morgan fingerprint density at radius 2 is 0.647 bits per heavy atom. The summed E-state index contributed by atoms with van der Waals surface area (Å²) in [5.41, 5.74) is 1.74. The summed E-state index contributed by atoms with van der Waals surface area (Å²) in [6.07, 6.45) is 4.29. The molecule has 4 heterocycles. The van der Waals surface area contributed by atoms with Gasteiger partial charge in [-0.05, 0) is 54.6 Å². The normalized spacial score (nSPS) is 10.8. The van der Waals surface area contributed by atoms with Crippen molar-refractivity contribution in [1.82, 2.24) is 19.9 Å². The number of nitrogens with zero attached hydrogens (tertiary/aromatic N) is 7. The Hall–Kier alpha value is -7.54. The van der Waals surface area contributed by atoms with Crippen LogP contribution in [0.5, 0.6) is 34.5 Å². The fourth-order valence-corrected chi connectivity index (χ4v) is 5.51. The molecule has 4 aromatic heterocycles. The zero-order valence-corrected chi connectivity index (χ0v) is 26.6. The molecule has 0 radical (unpaired) electrons. The highest BCUT2D eigenvalue weighted by atomic mass is 16.3. The lowest BCUT2D eigenvalue weighted by molar-refractivity contribution is 0.474. The van der Waals surface area contributed by atoms with Gasteiger partial charge in [0, 0.05) is 67.1 Å². The zero-order chi connectivity index (χ0) is 35.5. The molecule has 51 heavy (non-hydrogen) atoms. The van der Waals surface area contributed by atoms with Crippen LogP contribution in [0.25, 0.3) is 0 Å². The fraction of sp³-hybridized carbons (Fsp3) is 0. The molecule has 0 bridgehead atoms. The number of rotatable bonds is 9. The Bertz CT molecular complexity index is 1950. The molecule has 0 atom stereocenters. The van der Waals surface area contributed by atoms with Crippen molar-refractivity contribution >= 4 is 51.8 Å². The number of hydrogen-bond donors (Lipinski definition) is 6. The molecule has 3 aromatic carbocycles. The topological polar surface area (TPSA) is 183 Å². The van der Waals surface area contributed by atoms with Crippen LogP contribution in [-0.2, 0) is 0 Å². The highest BCUT2D eigenvalue weighted by molar-refractivity contribution is 5.85. The smallest absolute Gasteiger partial charge is 0.143 e. The SMILES string of the molecule is Oc1cccc(N(c2cc(N(c3cccc(O)c3)c3cc(O)ccn3)nc(N(c3cccc(O)c3)c3cc(O)ccn3)c2)c2cc(O)ccn2)c1.